The number of fused-ring (bicyclic) bond motifs is 2. The second-order valence-corrected chi connectivity index (χ2v) is 16.3. The van der Waals surface area contributed by atoms with Gasteiger partial charge in [-0.3, -0.25) is 0 Å². The standard InChI is InChI=1S/C18H21NO3.C17H20N2S.C9H13NO2/c1-19-8-7-18-11-4-5-13(20)17(18)22-16-14(21-2)6-3-10(15(16)18)9-12(11)19;1-13(18(2)3)12-19-14-8-4-6-10-16(14)20-17-11-7-5-9-15(17)19;1-10-6-9(12)7-3-2-4-8(11)5-7/h3-6,11-13,17,20H,7-9H2,1-2H3;4-11,13H,12H2,1-3H3;2-5,9-12H,6H2,1H3. The van der Waals surface area contributed by atoms with Gasteiger partial charge in [0.25, 0.3) is 0 Å². The van der Waals surface area contributed by atoms with Crippen LogP contribution in [0, 0.1) is 5.92 Å². The summed E-state index contributed by atoms with van der Waals surface area (Å²) in [6, 6.07) is 29.2. The Balaban J connectivity index is 0.000000131. The fourth-order valence-electron chi connectivity index (χ4n) is 8.84. The Hall–Kier alpha value is -4.03. The molecule has 9 rings (SSSR count). The van der Waals surface area contributed by atoms with Crippen LogP contribution in [-0.2, 0) is 11.8 Å². The monoisotopic (exact) mass is 750 g/mol. The number of hydrogen-bond donors (Lipinski definition) is 4. The number of benzene rings is 4. The van der Waals surface area contributed by atoms with Crippen molar-refractivity contribution >= 4 is 23.1 Å². The Morgan fingerprint density at radius 2 is 1.70 bits per heavy atom. The van der Waals surface area contributed by atoms with E-state index in [0.717, 1.165) is 43.0 Å². The lowest BCUT2D eigenvalue weighted by Crippen LogP contribution is -2.64. The van der Waals surface area contributed by atoms with E-state index in [9.17, 15) is 10.2 Å². The first-order valence-electron chi connectivity index (χ1n) is 18.9. The van der Waals surface area contributed by atoms with Crippen LogP contribution in [0.25, 0.3) is 0 Å². The smallest absolute Gasteiger partial charge is 0.165 e. The minimum atomic E-state index is -0.554. The van der Waals surface area contributed by atoms with Crippen molar-refractivity contribution in [3.63, 3.8) is 0 Å². The molecule has 0 radical (unpaired) electrons. The molecular weight excluding hydrogens is 697 g/mol. The summed E-state index contributed by atoms with van der Waals surface area (Å²) in [5.41, 5.74) is 5.98. The van der Waals surface area contributed by atoms with Gasteiger partial charge in [-0.1, -0.05) is 66.4 Å². The van der Waals surface area contributed by atoms with Gasteiger partial charge in [-0.25, -0.2) is 0 Å². The molecule has 10 heteroatoms. The summed E-state index contributed by atoms with van der Waals surface area (Å²) in [5.74, 6) is 2.27. The first-order chi connectivity index (χ1) is 26.1. The van der Waals surface area contributed by atoms with E-state index in [2.05, 4.69) is 109 Å². The number of likely N-dealkylation sites (N-methyl/N-ethyl adjacent to an activating group) is 3. The van der Waals surface area contributed by atoms with Crippen LogP contribution in [0.4, 0.5) is 11.4 Å². The molecule has 7 atom stereocenters. The first-order valence-corrected chi connectivity index (χ1v) is 19.7. The Bertz CT molecular complexity index is 1930. The van der Waals surface area contributed by atoms with Gasteiger partial charge in [0, 0.05) is 51.9 Å². The highest BCUT2D eigenvalue weighted by atomic mass is 32.2. The third kappa shape index (κ3) is 7.00. The lowest BCUT2D eigenvalue weighted by atomic mass is 9.53. The predicted molar refractivity (Wildman–Crippen MR) is 217 cm³/mol. The molecule has 2 bridgehead atoms. The molecule has 9 nitrogen and oxygen atoms in total. The van der Waals surface area contributed by atoms with Gasteiger partial charge in [0.2, 0.25) is 0 Å². The number of ether oxygens (including phenoxy) is 2. The minimum Gasteiger partial charge on any atom is -0.508 e. The van der Waals surface area contributed by atoms with E-state index in [-0.39, 0.29) is 17.3 Å². The van der Waals surface area contributed by atoms with Crippen molar-refractivity contribution in [1.29, 1.82) is 0 Å². The molecule has 7 unspecified atom stereocenters. The second kappa shape index (κ2) is 16.0. The second-order valence-electron chi connectivity index (χ2n) is 15.2. The number of methoxy groups -OCH3 is 1. The Morgan fingerprint density at radius 3 is 2.35 bits per heavy atom. The molecular formula is C44H54N4O5S. The van der Waals surface area contributed by atoms with Crippen LogP contribution >= 0.6 is 11.8 Å². The molecule has 0 saturated carbocycles. The number of nitrogens with zero attached hydrogens (tertiary/aromatic N) is 3. The third-order valence-electron chi connectivity index (χ3n) is 11.9. The van der Waals surface area contributed by atoms with Crippen molar-refractivity contribution in [2.45, 2.75) is 65.4 Å². The number of rotatable bonds is 7. The summed E-state index contributed by atoms with van der Waals surface area (Å²) < 4.78 is 11.8. The normalized spacial score (nSPS) is 25.1. The lowest BCUT2D eigenvalue weighted by Gasteiger charge is -2.56. The van der Waals surface area contributed by atoms with Gasteiger partial charge in [-0.05, 0) is 108 Å². The van der Waals surface area contributed by atoms with Crippen LogP contribution in [0.1, 0.15) is 36.1 Å². The van der Waals surface area contributed by atoms with Crippen LogP contribution in [0.5, 0.6) is 17.2 Å². The van der Waals surface area contributed by atoms with Crippen molar-refractivity contribution < 1.29 is 24.8 Å². The van der Waals surface area contributed by atoms with Crippen LogP contribution < -0.4 is 19.7 Å². The Kier molecular flexibility index (Phi) is 11.3. The molecule has 4 aromatic rings. The van der Waals surface area contributed by atoms with Gasteiger partial charge in [-0.2, -0.15) is 0 Å². The van der Waals surface area contributed by atoms with Gasteiger partial charge in [0.05, 0.1) is 24.6 Å². The summed E-state index contributed by atoms with van der Waals surface area (Å²) in [5, 5.41) is 32.0. The van der Waals surface area contributed by atoms with Crippen LogP contribution in [0.2, 0.25) is 0 Å². The maximum absolute atomic E-state index is 10.6. The molecule has 5 aliphatic rings. The first kappa shape index (κ1) is 38.3. The summed E-state index contributed by atoms with van der Waals surface area (Å²) in [6.45, 7) is 4.82. The minimum absolute atomic E-state index is 0.0806. The van der Waals surface area contributed by atoms with Crippen molar-refractivity contribution in [1.82, 2.24) is 15.1 Å². The van der Waals surface area contributed by atoms with Crippen LogP contribution in [0.15, 0.2) is 107 Å². The summed E-state index contributed by atoms with van der Waals surface area (Å²) in [4.78, 5) is 9.88. The number of nitrogens with one attached hydrogen (secondary N) is 1. The molecule has 4 aromatic carbocycles. The van der Waals surface area contributed by atoms with E-state index in [1.807, 2.05) is 23.9 Å². The maximum atomic E-state index is 10.6. The molecule has 4 N–H and O–H groups in total. The quantitative estimate of drug-likeness (QED) is 0.159. The fraction of sp³-hybridized carbons (Fsp3) is 0.409. The molecule has 0 amide bonds. The van der Waals surface area contributed by atoms with Crippen LogP contribution in [0.3, 0.4) is 0 Å². The van der Waals surface area contributed by atoms with Crippen molar-refractivity contribution in [3.05, 3.63) is 114 Å². The predicted octanol–water partition coefficient (Wildman–Crippen LogP) is 6.39. The number of phenolic OH excluding ortho intramolecular Hbond substituents is 1. The average molecular weight is 751 g/mol. The number of aliphatic hydroxyl groups excluding tert-OH is 2. The highest BCUT2D eigenvalue weighted by molar-refractivity contribution is 7.99. The number of para-hydroxylation sites is 2. The number of phenols is 1. The Labute approximate surface area is 324 Å². The molecule has 286 valence electrons. The zero-order valence-corrected chi connectivity index (χ0v) is 33.0. The SMILES string of the molecule is CC(CN1c2ccccc2Sc2ccccc21)N(C)C.CNCC(O)c1cccc(O)c1.COc1ccc2c3c1OC1C(O)C=CC4C(C2)N(C)CCC341. The average Bonchev–Trinajstić information content (AvgIpc) is 3.53. The van der Waals surface area contributed by atoms with E-state index in [1.54, 1.807) is 38.4 Å². The molecule has 1 fully saturated rings. The Morgan fingerprint density at radius 1 is 1.00 bits per heavy atom. The molecule has 1 spiro atoms. The van der Waals surface area contributed by atoms with Gasteiger partial charge in [-0.15, -0.1) is 0 Å². The molecule has 1 saturated heterocycles. The molecule has 3 heterocycles. The van der Waals surface area contributed by atoms with Crippen molar-refractivity contribution in [3.8, 4) is 17.2 Å². The van der Waals surface area contributed by atoms with E-state index >= 15 is 0 Å². The van der Waals surface area contributed by atoms with Gasteiger partial charge < -0.3 is 44.8 Å². The third-order valence-corrected chi connectivity index (χ3v) is 13.0. The van der Waals surface area contributed by atoms with Gasteiger partial charge in [0.1, 0.15) is 18.0 Å². The van der Waals surface area contributed by atoms with E-state index in [4.69, 9.17) is 14.6 Å². The summed E-state index contributed by atoms with van der Waals surface area (Å²) >= 11 is 1.87. The largest absolute Gasteiger partial charge is 0.508 e. The molecule has 3 aliphatic heterocycles. The highest BCUT2D eigenvalue weighted by Crippen LogP contribution is 2.62. The van der Waals surface area contributed by atoms with E-state index in [0.29, 0.717) is 24.5 Å². The molecule has 2 aliphatic carbocycles. The van der Waals surface area contributed by atoms with Crippen molar-refractivity contribution in [2.75, 3.05) is 59.8 Å². The zero-order valence-electron chi connectivity index (χ0n) is 32.1. The summed E-state index contributed by atoms with van der Waals surface area (Å²) in [6.07, 6.45) is 4.98. The number of aromatic hydroxyl groups is 1. The van der Waals surface area contributed by atoms with Crippen molar-refractivity contribution in [2.24, 2.45) is 5.92 Å². The van der Waals surface area contributed by atoms with Gasteiger partial charge >= 0.3 is 0 Å². The fourth-order valence-corrected chi connectivity index (χ4v) is 9.93. The summed E-state index contributed by atoms with van der Waals surface area (Å²) in [7, 11) is 9.96. The zero-order chi connectivity index (χ0) is 38.1. The maximum Gasteiger partial charge on any atom is 0.165 e. The number of likely N-dealkylation sites (tertiary alicyclic amines) is 1. The molecule has 54 heavy (non-hydrogen) atoms. The topological polar surface area (TPSA) is 101 Å². The van der Waals surface area contributed by atoms with E-state index < -0.39 is 12.2 Å². The number of aliphatic hydroxyl groups is 2. The lowest BCUT2D eigenvalue weighted by molar-refractivity contribution is -0.0453. The number of anilines is 2. The molecule has 0 aromatic heterocycles. The van der Waals surface area contributed by atoms with Gasteiger partial charge in [0.15, 0.2) is 11.5 Å². The van der Waals surface area contributed by atoms with E-state index in [1.165, 1.54) is 32.3 Å². The van der Waals surface area contributed by atoms with Crippen LogP contribution in [-0.4, -0.2) is 104 Å². The number of piperidine rings is 1. The highest BCUT2D eigenvalue weighted by Gasteiger charge is 2.64. The number of hydrogen-bond acceptors (Lipinski definition) is 10.